The number of rotatable bonds is 10. The van der Waals surface area contributed by atoms with E-state index in [2.05, 4.69) is 56.5 Å². The highest BCUT2D eigenvalue weighted by Crippen LogP contribution is 2.53. The van der Waals surface area contributed by atoms with Gasteiger partial charge in [-0.1, -0.05) is 82.6 Å². The Morgan fingerprint density at radius 1 is 1.05 bits per heavy atom. The molecule has 3 unspecified atom stereocenters. The predicted molar refractivity (Wildman–Crippen MR) is 151 cm³/mol. The number of benzene rings is 2. The van der Waals surface area contributed by atoms with E-state index in [9.17, 15) is 4.79 Å². The largest absolute Gasteiger partial charge is 0.445 e. The summed E-state index contributed by atoms with van der Waals surface area (Å²) in [7, 11) is 0. The summed E-state index contributed by atoms with van der Waals surface area (Å²) >= 11 is 0. The Balaban J connectivity index is 1.26. The molecule has 4 nitrogen and oxygen atoms in total. The molecule has 3 aliphatic rings. The van der Waals surface area contributed by atoms with Gasteiger partial charge in [0.25, 0.3) is 0 Å². The smallest absolute Gasteiger partial charge is 0.407 e. The van der Waals surface area contributed by atoms with Crippen LogP contribution in [0.5, 0.6) is 0 Å². The molecule has 4 atom stereocenters. The second-order valence-electron chi connectivity index (χ2n) is 12.8. The van der Waals surface area contributed by atoms with Crippen molar-refractivity contribution in [2.24, 2.45) is 17.3 Å². The molecule has 5 rings (SSSR count). The number of hydrogen-bond donors (Lipinski definition) is 2. The molecular weight excluding hydrogens is 456 g/mol. The summed E-state index contributed by atoms with van der Waals surface area (Å²) in [5.41, 5.74) is 6.23. The topological polar surface area (TPSA) is 50.4 Å². The molecule has 1 heterocycles. The van der Waals surface area contributed by atoms with Crippen molar-refractivity contribution in [2.45, 2.75) is 110 Å². The van der Waals surface area contributed by atoms with E-state index in [1.807, 2.05) is 30.3 Å². The number of hydrogen-bond acceptors (Lipinski definition) is 3. The summed E-state index contributed by atoms with van der Waals surface area (Å²) < 4.78 is 5.64. The Bertz CT molecular complexity index is 1080. The van der Waals surface area contributed by atoms with Gasteiger partial charge in [0.05, 0.1) is 0 Å². The van der Waals surface area contributed by atoms with Crippen molar-refractivity contribution in [3.63, 3.8) is 0 Å². The van der Waals surface area contributed by atoms with Crippen LogP contribution in [0.25, 0.3) is 0 Å². The van der Waals surface area contributed by atoms with Crippen molar-refractivity contribution in [3.05, 3.63) is 70.8 Å². The SMILES string of the molecule is CCC1(C[C@H](NC(=O)OCc2ccccc2)C(C)Cc2cccc3c2CC2(CCC(C(C)C)N2)C3)CC1. The standard InChI is InChI=1S/C33H46N2O2/c1-5-32(16-17-32)21-30(34-31(36)37-22-25-10-7-6-8-11-25)24(4)18-26-12-9-13-27-19-33(20-28(26)27)15-14-29(35-33)23(2)3/h6-13,23-24,29-30,35H,5,14-22H2,1-4H3,(H,34,36)/t24?,29?,30-,33?/m0/s1. The fourth-order valence-corrected chi connectivity index (χ4v) is 6.93. The number of fused-ring (bicyclic) bond motifs is 1. The van der Waals surface area contributed by atoms with Crippen molar-refractivity contribution in [2.75, 3.05) is 0 Å². The van der Waals surface area contributed by atoms with Gasteiger partial charge in [0.15, 0.2) is 0 Å². The molecule has 2 N–H and O–H groups in total. The van der Waals surface area contributed by atoms with Crippen LogP contribution in [0.2, 0.25) is 0 Å². The summed E-state index contributed by atoms with van der Waals surface area (Å²) in [5.74, 6) is 1.03. The minimum Gasteiger partial charge on any atom is -0.445 e. The second-order valence-corrected chi connectivity index (χ2v) is 12.8. The molecule has 2 fully saturated rings. The van der Waals surface area contributed by atoms with Gasteiger partial charge in [-0.2, -0.15) is 0 Å². The van der Waals surface area contributed by atoms with Gasteiger partial charge in [-0.25, -0.2) is 4.79 Å². The van der Waals surface area contributed by atoms with E-state index in [0.717, 1.165) is 31.2 Å². The van der Waals surface area contributed by atoms with Crippen molar-refractivity contribution < 1.29 is 9.53 Å². The average Bonchev–Trinajstić information content (AvgIpc) is 3.39. The van der Waals surface area contributed by atoms with Crippen LogP contribution in [0.3, 0.4) is 0 Å². The summed E-state index contributed by atoms with van der Waals surface area (Å²) in [4.78, 5) is 12.9. The first-order chi connectivity index (χ1) is 17.8. The minimum atomic E-state index is -0.292. The lowest BCUT2D eigenvalue weighted by atomic mass is 9.83. The number of carbonyl (C=O) groups is 1. The zero-order chi connectivity index (χ0) is 26.0. The maximum Gasteiger partial charge on any atom is 0.407 e. The van der Waals surface area contributed by atoms with Crippen LogP contribution in [-0.4, -0.2) is 23.7 Å². The predicted octanol–water partition coefficient (Wildman–Crippen LogP) is 6.99. The zero-order valence-corrected chi connectivity index (χ0v) is 23.3. The van der Waals surface area contributed by atoms with Crippen LogP contribution < -0.4 is 10.6 Å². The normalized spacial score (nSPS) is 25.2. The highest BCUT2D eigenvalue weighted by Gasteiger charge is 2.45. The quantitative estimate of drug-likeness (QED) is 0.368. The Morgan fingerprint density at radius 3 is 2.51 bits per heavy atom. The fourth-order valence-electron chi connectivity index (χ4n) is 6.93. The number of nitrogens with one attached hydrogen (secondary N) is 2. The van der Waals surface area contributed by atoms with Crippen LogP contribution in [-0.2, 0) is 30.6 Å². The van der Waals surface area contributed by atoms with E-state index < -0.39 is 0 Å². The summed E-state index contributed by atoms with van der Waals surface area (Å²) in [6, 6.07) is 17.6. The second kappa shape index (κ2) is 10.8. The van der Waals surface area contributed by atoms with E-state index in [0.29, 0.717) is 29.9 Å². The molecule has 0 aromatic heterocycles. The van der Waals surface area contributed by atoms with Gasteiger partial charge in [-0.05, 0) is 90.9 Å². The zero-order valence-electron chi connectivity index (χ0n) is 23.3. The average molecular weight is 503 g/mol. The van der Waals surface area contributed by atoms with E-state index in [-0.39, 0.29) is 17.7 Å². The summed E-state index contributed by atoms with van der Waals surface area (Å²) in [5, 5.41) is 7.34. The first kappa shape index (κ1) is 26.3. The first-order valence-electron chi connectivity index (χ1n) is 14.6. The number of carbonyl (C=O) groups excluding carboxylic acids is 1. The highest BCUT2D eigenvalue weighted by atomic mass is 16.5. The van der Waals surface area contributed by atoms with E-state index in [1.54, 1.807) is 5.56 Å². The molecular formula is C33H46N2O2. The van der Waals surface area contributed by atoms with Crippen molar-refractivity contribution in [1.82, 2.24) is 10.6 Å². The Morgan fingerprint density at radius 2 is 1.84 bits per heavy atom. The molecule has 200 valence electrons. The third-order valence-corrected chi connectivity index (χ3v) is 9.75. The van der Waals surface area contributed by atoms with Gasteiger partial charge < -0.3 is 15.4 Å². The molecule has 1 saturated carbocycles. The lowest BCUT2D eigenvalue weighted by Gasteiger charge is -2.29. The van der Waals surface area contributed by atoms with E-state index in [4.69, 9.17) is 4.74 Å². The Labute approximate surface area is 224 Å². The third-order valence-electron chi connectivity index (χ3n) is 9.75. The minimum absolute atomic E-state index is 0.117. The Hall–Kier alpha value is -2.33. The highest BCUT2D eigenvalue weighted by molar-refractivity contribution is 5.67. The van der Waals surface area contributed by atoms with Gasteiger partial charge >= 0.3 is 6.09 Å². The molecule has 0 bridgehead atoms. The monoisotopic (exact) mass is 502 g/mol. The summed E-state index contributed by atoms with van der Waals surface area (Å²) in [6.07, 6.45) is 10.3. The fraction of sp³-hybridized carbons (Fsp3) is 0.606. The van der Waals surface area contributed by atoms with Crippen LogP contribution >= 0.6 is 0 Å². The van der Waals surface area contributed by atoms with Gasteiger partial charge in [0, 0.05) is 17.6 Å². The van der Waals surface area contributed by atoms with Crippen molar-refractivity contribution in [1.29, 1.82) is 0 Å². The van der Waals surface area contributed by atoms with Gasteiger partial charge in [0.1, 0.15) is 6.61 Å². The molecule has 1 spiro atoms. The maximum absolute atomic E-state index is 12.9. The van der Waals surface area contributed by atoms with E-state index in [1.165, 1.54) is 43.2 Å². The summed E-state index contributed by atoms with van der Waals surface area (Å²) in [6.45, 7) is 9.61. The number of amides is 1. The molecule has 2 aromatic carbocycles. The lowest BCUT2D eigenvalue weighted by Crippen LogP contribution is -2.45. The van der Waals surface area contributed by atoms with Crippen LogP contribution in [0, 0.1) is 17.3 Å². The van der Waals surface area contributed by atoms with Crippen molar-refractivity contribution in [3.8, 4) is 0 Å². The molecule has 2 aliphatic carbocycles. The number of alkyl carbamates (subject to hydrolysis) is 1. The van der Waals surface area contributed by atoms with Crippen LogP contribution in [0.1, 0.15) is 88.5 Å². The van der Waals surface area contributed by atoms with Crippen LogP contribution in [0.4, 0.5) is 4.79 Å². The first-order valence-corrected chi connectivity index (χ1v) is 14.6. The molecule has 1 aliphatic heterocycles. The van der Waals surface area contributed by atoms with Gasteiger partial charge in [0.2, 0.25) is 0 Å². The Kier molecular flexibility index (Phi) is 7.68. The molecule has 37 heavy (non-hydrogen) atoms. The molecule has 0 radical (unpaired) electrons. The number of ether oxygens (including phenoxy) is 1. The van der Waals surface area contributed by atoms with E-state index >= 15 is 0 Å². The molecule has 1 amide bonds. The molecule has 1 saturated heterocycles. The third kappa shape index (κ3) is 6.06. The maximum atomic E-state index is 12.9. The van der Waals surface area contributed by atoms with Crippen molar-refractivity contribution >= 4 is 6.09 Å². The van der Waals surface area contributed by atoms with Gasteiger partial charge in [-0.3, -0.25) is 0 Å². The van der Waals surface area contributed by atoms with Crippen LogP contribution in [0.15, 0.2) is 48.5 Å². The van der Waals surface area contributed by atoms with Gasteiger partial charge in [-0.15, -0.1) is 0 Å². The lowest BCUT2D eigenvalue weighted by molar-refractivity contribution is 0.128. The molecule has 2 aromatic rings. The molecule has 4 heteroatoms.